The van der Waals surface area contributed by atoms with Crippen LogP contribution < -0.4 is 5.32 Å². The maximum absolute atomic E-state index is 13.1. The second-order valence-electron chi connectivity index (χ2n) is 7.09. The van der Waals surface area contributed by atoms with Crippen LogP contribution in [-0.2, 0) is 18.3 Å². The SMILES string of the molecule is FC(F)(F)c1cccc(-n2nnnc2C2(NCc3ccccc3)CCCC2)c1. The van der Waals surface area contributed by atoms with Gasteiger partial charge in [-0.05, 0) is 47.0 Å². The van der Waals surface area contributed by atoms with Crippen molar-refractivity contribution in [2.45, 2.75) is 43.9 Å². The van der Waals surface area contributed by atoms with Gasteiger partial charge in [-0.3, -0.25) is 0 Å². The topological polar surface area (TPSA) is 55.6 Å². The molecule has 4 rings (SSSR count). The van der Waals surface area contributed by atoms with Crippen molar-refractivity contribution in [3.63, 3.8) is 0 Å². The molecule has 1 aliphatic rings. The fourth-order valence-corrected chi connectivity index (χ4v) is 3.80. The number of benzene rings is 2. The van der Waals surface area contributed by atoms with Crippen LogP contribution >= 0.6 is 0 Å². The van der Waals surface area contributed by atoms with Crippen molar-refractivity contribution >= 4 is 0 Å². The number of hydrogen-bond acceptors (Lipinski definition) is 4. The highest BCUT2D eigenvalue weighted by atomic mass is 19.4. The molecular weight excluding hydrogens is 367 g/mol. The summed E-state index contributed by atoms with van der Waals surface area (Å²) in [5.74, 6) is 0.556. The van der Waals surface area contributed by atoms with Gasteiger partial charge in [0, 0.05) is 6.54 Å². The van der Waals surface area contributed by atoms with Crippen LogP contribution in [0.3, 0.4) is 0 Å². The van der Waals surface area contributed by atoms with Crippen LogP contribution in [0.15, 0.2) is 54.6 Å². The van der Waals surface area contributed by atoms with Gasteiger partial charge in [-0.25, -0.2) is 0 Å². The minimum atomic E-state index is -4.42. The molecule has 1 aliphatic carbocycles. The Hall–Kier alpha value is -2.74. The fourth-order valence-electron chi connectivity index (χ4n) is 3.80. The minimum absolute atomic E-state index is 0.308. The molecule has 8 heteroatoms. The van der Waals surface area contributed by atoms with Gasteiger partial charge in [0.05, 0.1) is 16.8 Å². The van der Waals surface area contributed by atoms with Gasteiger partial charge in [0.15, 0.2) is 5.82 Å². The van der Waals surface area contributed by atoms with Crippen molar-refractivity contribution in [3.8, 4) is 5.69 Å². The number of tetrazole rings is 1. The predicted molar refractivity (Wildman–Crippen MR) is 97.6 cm³/mol. The van der Waals surface area contributed by atoms with Crippen LogP contribution in [0.25, 0.3) is 5.69 Å². The second-order valence-corrected chi connectivity index (χ2v) is 7.09. The summed E-state index contributed by atoms with van der Waals surface area (Å²) in [6.45, 7) is 0.635. The molecule has 1 aromatic heterocycles. The van der Waals surface area contributed by atoms with Gasteiger partial charge in [-0.15, -0.1) is 5.10 Å². The average molecular weight is 387 g/mol. The summed E-state index contributed by atoms with van der Waals surface area (Å²) in [6.07, 6.45) is -0.729. The van der Waals surface area contributed by atoms with Crippen LogP contribution in [-0.4, -0.2) is 20.2 Å². The summed E-state index contributed by atoms with van der Waals surface area (Å²) in [5, 5.41) is 15.6. The van der Waals surface area contributed by atoms with E-state index in [1.165, 1.54) is 10.7 Å². The van der Waals surface area contributed by atoms with Gasteiger partial charge < -0.3 is 5.32 Å². The summed E-state index contributed by atoms with van der Waals surface area (Å²) in [5.41, 5.74) is 0.256. The van der Waals surface area contributed by atoms with Crippen LogP contribution in [0.5, 0.6) is 0 Å². The van der Waals surface area contributed by atoms with Crippen molar-refractivity contribution in [1.82, 2.24) is 25.5 Å². The van der Waals surface area contributed by atoms with Crippen molar-refractivity contribution in [3.05, 3.63) is 71.5 Å². The summed E-state index contributed by atoms with van der Waals surface area (Å²) >= 11 is 0. The first kappa shape index (κ1) is 18.6. The van der Waals surface area contributed by atoms with Crippen LogP contribution in [0.2, 0.25) is 0 Å². The van der Waals surface area contributed by atoms with Crippen LogP contribution in [0.1, 0.15) is 42.6 Å². The first-order valence-corrected chi connectivity index (χ1v) is 9.23. The number of nitrogens with zero attached hydrogens (tertiary/aromatic N) is 4. The molecule has 0 atom stereocenters. The normalized spacial score (nSPS) is 16.4. The van der Waals surface area contributed by atoms with E-state index < -0.39 is 17.3 Å². The Morgan fingerprint density at radius 2 is 1.75 bits per heavy atom. The molecule has 5 nitrogen and oxygen atoms in total. The van der Waals surface area contributed by atoms with Gasteiger partial charge in [-0.1, -0.05) is 49.2 Å². The molecular formula is C20H20F3N5. The molecule has 0 saturated heterocycles. The van der Waals surface area contributed by atoms with E-state index in [4.69, 9.17) is 0 Å². The van der Waals surface area contributed by atoms with E-state index in [0.29, 0.717) is 18.1 Å². The quantitative estimate of drug-likeness (QED) is 0.712. The minimum Gasteiger partial charge on any atom is -0.301 e. The lowest BCUT2D eigenvalue weighted by Crippen LogP contribution is -2.42. The molecule has 0 unspecified atom stereocenters. The van der Waals surface area contributed by atoms with Gasteiger partial charge in [0.25, 0.3) is 0 Å². The zero-order chi connectivity index (χ0) is 19.6. The van der Waals surface area contributed by atoms with E-state index in [9.17, 15) is 13.2 Å². The molecule has 0 bridgehead atoms. The van der Waals surface area contributed by atoms with E-state index in [2.05, 4.69) is 20.8 Å². The molecule has 3 aromatic rings. The third-order valence-electron chi connectivity index (χ3n) is 5.25. The third-order valence-corrected chi connectivity index (χ3v) is 5.25. The number of nitrogens with one attached hydrogen (secondary N) is 1. The predicted octanol–water partition coefficient (Wildman–Crippen LogP) is 4.24. The van der Waals surface area contributed by atoms with Gasteiger partial charge >= 0.3 is 6.18 Å². The molecule has 0 spiro atoms. The number of hydrogen-bond donors (Lipinski definition) is 1. The maximum Gasteiger partial charge on any atom is 0.416 e. The maximum atomic E-state index is 13.1. The Morgan fingerprint density at radius 1 is 1.00 bits per heavy atom. The van der Waals surface area contributed by atoms with Crippen molar-refractivity contribution in [1.29, 1.82) is 0 Å². The van der Waals surface area contributed by atoms with Gasteiger partial charge in [0.2, 0.25) is 0 Å². The second kappa shape index (κ2) is 7.35. The highest BCUT2D eigenvalue weighted by molar-refractivity contribution is 5.37. The lowest BCUT2D eigenvalue weighted by atomic mass is 9.95. The smallest absolute Gasteiger partial charge is 0.301 e. The summed E-state index contributed by atoms with van der Waals surface area (Å²) in [6, 6.07) is 15.1. The van der Waals surface area contributed by atoms with Crippen molar-refractivity contribution in [2.75, 3.05) is 0 Å². The summed E-state index contributed by atoms with van der Waals surface area (Å²) < 4.78 is 40.8. The number of rotatable bonds is 5. The lowest BCUT2D eigenvalue weighted by Gasteiger charge is -2.29. The Morgan fingerprint density at radius 3 is 2.46 bits per heavy atom. The average Bonchev–Trinajstić information content (AvgIpc) is 3.37. The fraction of sp³-hybridized carbons (Fsp3) is 0.350. The zero-order valence-corrected chi connectivity index (χ0v) is 15.2. The zero-order valence-electron chi connectivity index (χ0n) is 15.2. The standard InChI is InChI=1S/C20H20F3N5/c21-20(22,23)16-9-6-10-17(13-16)28-18(25-26-27-28)19(11-4-5-12-19)24-14-15-7-2-1-3-8-15/h1-3,6-10,13,24H,4-5,11-12,14H2. The molecule has 1 N–H and O–H groups in total. The highest BCUT2D eigenvalue weighted by Crippen LogP contribution is 2.39. The molecule has 0 amide bonds. The number of aromatic nitrogens is 4. The van der Waals surface area contributed by atoms with E-state index in [0.717, 1.165) is 43.4 Å². The van der Waals surface area contributed by atoms with E-state index >= 15 is 0 Å². The molecule has 1 heterocycles. The Balaban J connectivity index is 1.68. The molecule has 2 aromatic carbocycles. The molecule has 0 radical (unpaired) electrons. The van der Waals surface area contributed by atoms with Crippen LogP contribution in [0.4, 0.5) is 13.2 Å². The van der Waals surface area contributed by atoms with Gasteiger partial charge in [-0.2, -0.15) is 17.9 Å². The van der Waals surface area contributed by atoms with E-state index in [-0.39, 0.29) is 0 Å². The van der Waals surface area contributed by atoms with Gasteiger partial charge in [0.1, 0.15) is 0 Å². The van der Waals surface area contributed by atoms with Crippen LogP contribution in [0, 0.1) is 0 Å². The van der Waals surface area contributed by atoms with E-state index in [1.54, 1.807) is 6.07 Å². The summed E-state index contributed by atoms with van der Waals surface area (Å²) in [7, 11) is 0. The molecule has 146 valence electrons. The Labute approximate surface area is 160 Å². The molecule has 28 heavy (non-hydrogen) atoms. The Bertz CT molecular complexity index is 930. The number of alkyl halides is 3. The molecule has 1 fully saturated rings. The van der Waals surface area contributed by atoms with Crippen molar-refractivity contribution < 1.29 is 13.2 Å². The molecule has 0 aliphatic heterocycles. The lowest BCUT2D eigenvalue weighted by molar-refractivity contribution is -0.137. The van der Waals surface area contributed by atoms with Crippen molar-refractivity contribution in [2.24, 2.45) is 0 Å². The monoisotopic (exact) mass is 387 g/mol. The highest BCUT2D eigenvalue weighted by Gasteiger charge is 2.40. The summed E-state index contributed by atoms with van der Waals surface area (Å²) in [4.78, 5) is 0. The third kappa shape index (κ3) is 3.64. The largest absolute Gasteiger partial charge is 0.416 e. The first-order chi connectivity index (χ1) is 13.5. The number of halogens is 3. The first-order valence-electron chi connectivity index (χ1n) is 9.23. The molecule has 1 saturated carbocycles. The Kier molecular flexibility index (Phi) is 4.89. The van der Waals surface area contributed by atoms with E-state index in [1.807, 2.05) is 30.3 Å².